The second-order valence-electron chi connectivity index (χ2n) is 9.14. The largest absolute Gasteiger partial charge is 0.378 e. The molecule has 0 spiro atoms. The number of amides is 6. The van der Waals surface area contributed by atoms with Crippen molar-refractivity contribution in [2.45, 2.75) is 26.3 Å². The van der Waals surface area contributed by atoms with E-state index in [1.165, 1.54) is 12.2 Å². The third kappa shape index (κ3) is 13.4. The average molecular weight is 610 g/mol. The van der Waals surface area contributed by atoms with Crippen LogP contribution in [0, 0.1) is 18.3 Å². The molecule has 16 heteroatoms. The fourth-order valence-corrected chi connectivity index (χ4v) is 3.69. The second kappa shape index (κ2) is 17.5. The topological polar surface area (TPSA) is 209 Å². The van der Waals surface area contributed by atoms with Crippen molar-refractivity contribution in [1.82, 2.24) is 25.8 Å². The number of nitrogens with one attached hydrogen (secondary N) is 3. The van der Waals surface area contributed by atoms with Gasteiger partial charge >= 0.3 is 0 Å². The molecule has 42 heavy (non-hydrogen) atoms. The summed E-state index contributed by atoms with van der Waals surface area (Å²) in [5.41, 5.74) is 0.149. The van der Waals surface area contributed by atoms with Gasteiger partial charge in [-0.3, -0.25) is 38.2 Å². The Morgan fingerprint density at radius 1 is 1.14 bits per heavy atom. The van der Waals surface area contributed by atoms with Gasteiger partial charge < -0.3 is 25.6 Å². The Balaban J connectivity index is 2.77. The van der Waals surface area contributed by atoms with E-state index in [2.05, 4.69) is 28.4 Å². The normalized spacial score (nSPS) is 13.9. The van der Waals surface area contributed by atoms with Crippen LogP contribution in [-0.2, 0) is 43.6 Å². The molecule has 0 fully saturated rings. The van der Waals surface area contributed by atoms with Crippen molar-refractivity contribution in [2.75, 3.05) is 45.1 Å². The molecule has 0 saturated carbocycles. The van der Waals surface area contributed by atoms with E-state index in [0.29, 0.717) is 4.90 Å². The van der Waals surface area contributed by atoms with Crippen molar-refractivity contribution in [3.05, 3.63) is 36.6 Å². The number of imide groups is 1. The maximum Gasteiger partial charge on any atom is 0.267 e. The van der Waals surface area contributed by atoms with Gasteiger partial charge in [-0.15, -0.1) is 6.42 Å². The molecule has 0 aromatic heterocycles. The minimum absolute atomic E-state index is 0.135. The molecule has 0 saturated heterocycles. The van der Waals surface area contributed by atoms with E-state index in [-0.39, 0.29) is 44.3 Å². The van der Waals surface area contributed by atoms with Crippen molar-refractivity contribution in [1.29, 1.82) is 0 Å². The van der Waals surface area contributed by atoms with Gasteiger partial charge in [-0.2, -0.15) is 8.42 Å². The van der Waals surface area contributed by atoms with Crippen LogP contribution in [0.1, 0.15) is 20.3 Å². The number of carbonyl (C=O) groups is 6. The number of hydrogen-bond donors (Lipinski definition) is 4. The summed E-state index contributed by atoms with van der Waals surface area (Å²) in [7, 11) is -4.25. The molecule has 1 rings (SSSR count). The van der Waals surface area contributed by atoms with Crippen LogP contribution in [-0.4, -0.2) is 109 Å². The fourth-order valence-electron chi connectivity index (χ4n) is 3.36. The minimum atomic E-state index is -4.25. The molecule has 1 unspecified atom stereocenters. The highest BCUT2D eigenvalue weighted by molar-refractivity contribution is 7.85. The molecule has 0 aliphatic carbocycles. The Morgan fingerprint density at radius 3 is 2.33 bits per heavy atom. The van der Waals surface area contributed by atoms with Gasteiger partial charge in [0.1, 0.15) is 12.6 Å². The SMILES string of the molecule is C#C/C(=C\C=C)NC(=O)CNC(=O)C(NC(=O)CCN(CCOCCS(=O)(=O)O)C(=O)CN1C(=O)C=CC1=O)C(C)C. The van der Waals surface area contributed by atoms with E-state index in [0.717, 1.165) is 17.1 Å². The van der Waals surface area contributed by atoms with Crippen molar-refractivity contribution >= 4 is 45.6 Å². The standard InChI is InChI=1S/C26H35N5O10S/c1-5-7-19(6-2)28-21(33)16-27-26(37)25(18(3)4)29-20(32)10-11-30(12-13-41-14-15-42(38,39)40)24(36)17-31-22(34)8-9-23(31)35/h2,5,7-9,18,25H,1,10-17H2,3-4H3,(H,27,37)(H,28,33)(H,29,32)(H,38,39,40)/b19-7+. The van der Waals surface area contributed by atoms with E-state index in [1.54, 1.807) is 13.8 Å². The van der Waals surface area contributed by atoms with Crippen LogP contribution in [0.3, 0.4) is 0 Å². The number of allylic oxidation sites excluding steroid dienone is 3. The molecule has 0 aromatic rings. The lowest BCUT2D eigenvalue weighted by molar-refractivity contribution is -0.145. The number of rotatable bonds is 18. The molecule has 0 bridgehead atoms. The zero-order valence-electron chi connectivity index (χ0n) is 23.3. The van der Waals surface area contributed by atoms with Crippen LogP contribution in [0.15, 0.2) is 36.6 Å². The summed E-state index contributed by atoms with van der Waals surface area (Å²) in [6.45, 7) is 4.94. The van der Waals surface area contributed by atoms with Gasteiger partial charge in [-0.25, -0.2) is 0 Å². The zero-order valence-corrected chi connectivity index (χ0v) is 24.1. The summed E-state index contributed by atoms with van der Waals surface area (Å²) in [5, 5.41) is 7.39. The molecule has 1 heterocycles. The third-order valence-corrected chi connectivity index (χ3v) is 6.23. The van der Waals surface area contributed by atoms with Gasteiger partial charge in [0.15, 0.2) is 0 Å². The second-order valence-corrected chi connectivity index (χ2v) is 10.7. The van der Waals surface area contributed by atoms with Gasteiger partial charge in [0.25, 0.3) is 21.9 Å². The van der Waals surface area contributed by atoms with Crippen LogP contribution in [0.2, 0.25) is 0 Å². The van der Waals surface area contributed by atoms with Crippen LogP contribution >= 0.6 is 0 Å². The lowest BCUT2D eigenvalue weighted by Gasteiger charge is -2.26. The van der Waals surface area contributed by atoms with Crippen LogP contribution < -0.4 is 16.0 Å². The first kappa shape index (κ1) is 35.7. The van der Waals surface area contributed by atoms with Gasteiger partial charge in [-0.05, 0) is 12.0 Å². The maximum atomic E-state index is 12.9. The van der Waals surface area contributed by atoms with Gasteiger partial charge in [0.2, 0.25) is 23.6 Å². The number of carbonyl (C=O) groups excluding carboxylic acids is 6. The smallest absolute Gasteiger partial charge is 0.267 e. The van der Waals surface area contributed by atoms with E-state index >= 15 is 0 Å². The molecule has 1 atom stereocenters. The molecule has 6 amide bonds. The molecule has 1 aliphatic heterocycles. The molecule has 0 aromatic carbocycles. The number of nitrogens with zero attached hydrogens (tertiary/aromatic N) is 2. The van der Waals surface area contributed by atoms with Crippen LogP contribution in [0.25, 0.3) is 0 Å². The summed E-state index contributed by atoms with van der Waals surface area (Å²) in [4.78, 5) is 75.9. The molecule has 15 nitrogen and oxygen atoms in total. The summed E-state index contributed by atoms with van der Waals surface area (Å²) in [5.74, 6) is -2.69. The summed E-state index contributed by atoms with van der Waals surface area (Å²) in [6, 6.07) is -1.03. The zero-order chi connectivity index (χ0) is 31.9. The number of terminal acetylenes is 1. The van der Waals surface area contributed by atoms with Gasteiger partial charge in [-0.1, -0.05) is 32.4 Å². The van der Waals surface area contributed by atoms with E-state index in [4.69, 9.17) is 15.7 Å². The number of hydrogen-bond acceptors (Lipinski definition) is 9. The van der Waals surface area contributed by atoms with Crippen LogP contribution in [0.5, 0.6) is 0 Å². The van der Waals surface area contributed by atoms with E-state index < -0.39 is 70.4 Å². The Labute approximate surface area is 244 Å². The monoisotopic (exact) mass is 609 g/mol. The first-order valence-electron chi connectivity index (χ1n) is 12.7. The summed E-state index contributed by atoms with van der Waals surface area (Å²) >= 11 is 0. The first-order valence-corrected chi connectivity index (χ1v) is 14.3. The highest BCUT2D eigenvalue weighted by Crippen LogP contribution is 2.06. The lowest BCUT2D eigenvalue weighted by atomic mass is 10.0. The lowest BCUT2D eigenvalue weighted by Crippen LogP contribution is -2.52. The van der Waals surface area contributed by atoms with Crippen molar-refractivity contribution in [2.24, 2.45) is 5.92 Å². The summed E-state index contributed by atoms with van der Waals surface area (Å²) < 4.78 is 35.6. The van der Waals surface area contributed by atoms with Gasteiger partial charge in [0, 0.05) is 31.7 Å². The predicted octanol–water partition coefficient (Wildman–Crippen LogP) is -1.89. The molecule has 230 valence electrons. The molecule has 1 aliphatic rings. The Bertz CT molecular complexity index is 1250. The fraction of sp³-hybridized carbons (Fsp3) is 0.462. The quantitative estimate of drug-likeness (QED) is 0.0446. The van der Waals surface area contributed by atoms with Crippen molar-refractivity contribution < 1.29 is 46.5 Å². The number of ether oxygens (including phenoxy) is 1. The Kier molecular flexibility index (Phi) is 14.9. The van der Waals surface area contributed by atoms with Crippen molar-refractivity contribution in [3.63, 3.8) is 0 Å². The van der Waals surface area contributed by atoms with Gasteiger partial charge in [0.05, 0.1) is 31.2 Å². The Hall–Kier alpha value is -4.33. The van der Waals surface area contributed by atoms with Crippen molar-refractivity contribution in [3.8, 4) is 12.3 Å². The maximum absolute atomic E-state index is 12.9. The summed E-state index contributed by atoms with van der Waals surface area (Å²) in [6.07, 6.45) is 9.79. The Morgan fingerprint density at radius 2 is 1.79 bits per heavy atom. The van der Waals surface area contributed by atoms with E-state index in [9.17, 15) is 37.2 Å². The predicted molar refractivity (Wildman–Crippen MR) is 149 cm³/mol. The first-order chi connectivity index (χ1) is 19.7. The molecule has 4 N–H and O–H groups in total. The third-order valence-electron chi connectivity index (χ3n) is 5.55. The van der Waals surface area contributed by atoms with E-state index in [1.807, 2.05) is 0 Å². The molecule has 0 radical (unpaired) electrons. The molecular formula is C26H35N5O10S. The van der Waals surface area contributed by atoms with Crippen LogP contribution in [0.4, 0.5) is 0 Å². The highest BCUT2D eigenvalue weighted by atomic mass is 32.2. The average Bonchev–Trinajstić information content (AvgIpc) is 3.22. The highest BCUT2D eigenvalue weighted by Gasteiger charge is 2.29. The molecular weight excluding hydrogens is 574 g/mol. The minimum Gasteiger partial charge on any atom is -0.378 e.